The molecule has 0 spiro atoms. The minimum absolute atomic E-state index is 0.0465. The average Bonchev–Trinajstić information content (AvgIpc) is 3.09. The van der Waals surface area contributed by atoms with E-state index in [1.54, 1.807) is 0 Å². The molecule has 1 aliphatic rings. The van der Waals surface area contributed by atoms with E-state index in [0.29, 0.717) is 16.8 Å². The summed E-state index contributed by atoms with van der Waals surface area (Å²) in [5, 5.41) is 16.1. The Kier molecular flexibility index (Phi) is 5.54. The zero-order valence-electron chi connectivity index (χ0n) is 18.3. The van der Waals surface area contributed by atoms with Crippen molar-refractivity contribution >= 4 is 39.5 Å². The van der Waals surface area contributed by atoms with E-state index >= 15 is 0 Å². The fourth-order valence-corrected chi connectivity index (χ4v) is 4.09. The van der Waals surface area contributed by atoms with Gasteiger partial charge in [0.15, 0.2) is 0 Å². The highest BCUT2D eigenvalue weighted by Crippen LogP contribution is 2.34. The van der Waals surface area contributed by atoms with Gasteiger partial charge in [0.2, 0.25) is 0 Å². The molecule has 0 unspecified atom stereocenters. The Bertz CT molecular complexity index is 1510. The third-order valence-corrected chi connectivity index (χ3v) is 5.84. The smallest absolute Gasteiger partial charge is 0.278 e. The molecule has 0 radical (unpaired) electrons. The van der Waals surface area contributed by atoms with Crippen LogP contribution in [0, 0.1) is 15.9 Å². The molecule has 0 bridgehead atoms. The van der Waals surface area contributed by atoms with E-state index in [2.05, 4.69) is 5.32 Å². The van der Waals surface area contributed by atoms with E-state index in [1.807, 2.05) is 42.5 Å². The van der Waals surface area contributed by atoms with Crippen LogP contribution in [-0.2, 0) is 16.1 Å². The standard InChI is InChI=1S/C27H18FN3O4/c28-20-12-8-17(9-13-20)16-30-26(32)24(19-10-14-21(15-11-19)31(34)35)25(27(30)33)29-23-7-3-5-18-4-1-2-6-22(18)23/h1-15,29H,16H2. The SMILES string of the molecule is O=C1C(Nc2cccc3ccccc23)=C(c2ccc([N+](=O)[O-])cc2)C(=O)N1Cc1ccc(F)cc1. The number of nitro groups is 1. The molecule has 4 aromatic rings. The van der Waals surface area contributed by atoms with Crippen molar-refractivity contribution < 1.29 is 18.9 Å². The molecule has 1 N–H and O–H groups in total. The quantitative estimate of drug-likeness (QED) is 0.237. The highest BCUT2D eigenvalue weighted by atomic mass is 19.1. The van der Waals surface area contributed by atoms with Crippen LogP contribution >= 0.6 is 0 Å². The minimum atomic E-state index is -0.545. The molecule has 35 heavy (non-hydrogen) atoms. The lowest BCUT2D eigenvalue weighted by molar-refractivity contribution is -0.384. The van der Waals surface area contributed by atoms with Crippen LogP contribution in [0.15, 0.2) is 96.7 Å². The van der Waals surface area contributed by atoms with Gasteiger partial charge in [-0.15, -0.1) is 0 Å². The molecule has 0 fully saturated rings. The number of imide groups is 1. The normalized spacial score (nSPS) is 13.6. The van der Waals surface area contributed by atoms with Gasteiger partial charge in [-0.2, -0.15) is 0 Å². The fourth-order valence-electron chi connectivity index (χ4n) is 4.09. The first-order chi connectivity index (χ1) is 16.9. The number of fused-ring (bicyclic) bond motifs is 1. The fraction of sp³-hybridized carbons (Fsp3) is 0.0370. The maximum absolute atomic E-state index is 13.5. The van der Waals surface area contributed by atoms with Crippen molar-refractivity contribution in [1.82, 2.24) is 4.90 Å². The molecule has 0 saturated carbocycles. The summed E-state index contributed by atoms with van der Waals surface area (Å²) >= 11 is 0. The van der Waals surface area contributed by atoms with Gasteiger partial charge in [0, 0.05) is 23.2 Å². The molecule has 0 atom stereocenters. The van der Waals surface area contributed by atoms with Crippen LogP contribution in [0.1, 0.15) is 11.1 Å². The third-order valence-electron chi connectivity index (χ3n) is 5.84. The number of carbonyl (C=O) groups excluding carboxylic acids is 2. The number of non-ortho nitro benzene ring substituents is 1. The number of nitrogens with zero attached hydrogens (tertiary/aromatic N) is 2. The number of amides is 2. The van der Waals surface area contributed by atoms with Gasteiger partial charge < -0.3 is 5.32 Å². The zero-order valence-corrected chi connectivity index (χ0v) is 18.3. The van der Waals surface area contributed by atoms with Crippen LogP contribution in [0.25, 0.3) is 16.3 Å². The van der Waals surface area contributed by atoms with E-state index < -0.39 is 22.6 Å². The van der Waals surface area contributed by atoms with Crippen molar-refractivity contribution in [3.63, 3.8) is 0 Å². The first-order valence-corrected chi connectivity index (χ1v) is 10.8. The van der Waals surface area contributed by atoms with Crippen molar-refractivity contribution in [1.29, 1.82) is 0 Å². The summed E-state index contributed by atoms with van der Waals surface area (Å²) < 4.78 is 13.3. The molecule has 1 heterocycles. The molecule has 0 saturated heterocycles. The Balaban J connectivity index is 1.59. The van der Waals surface area contributed by atoms with Crippen LogP contribution < -0.4 is 5.32 Å². The largest absolute Gasteiger partial charge is 0.350 e. The van der Waals surface area contributed by atoms with E-state index in [9.17, 15) is 24.1 Å². The lowest BCUT2D eigenvalue weighted by atomic mass is 10.0. The first-order valence-electron chi connectivity index (χ1n) is 10.8. The van der Waals surface area contributed by atoms with Crippen LogP contribution in [0.5, 0.6) is 0 Å². The van der Waals surface area contributed by atoms with Gasteiger partial charge in [-0.05, 0) is 46.8 Å². The summed E-state index contributed by atoms with van der Waals surface area (Å²) in [4.78, 5) is 38.6. The lowest BCUT2D eigenvalue weighted by Crippen LogP contribution is -2.32. The molecule has 8 heteroatoms. The van der Waals surface area contributed by atoms with E-state index in [1.165, 1.54) is 48.5 Å². The van der Waals surface area contributed by atoms with Crippen molar-refractivity contribution in [2.75, 3.05) is 5.32 Å². The lowest BCUT2D eigenvalue weighted by Gasteiger charge is -2.16. The Labute approximate surface area is 199 Å². The molecule has 172 valence electrons. The highest BCUT2D eigenvalue weighted by molar-refractivity contribution is 6.36. The highest BCUT2D eigenvalue weighted by Gasteiger charge is 2.39. The van der Waals surface area contributed by atoms with Crippen molar-refractivity contribution in [3.8, 4) is 0 Å². The maximum Gasteiger partial charge on any atom is 0.278 e. The predicted octanol–water partition coefficient (Wildman–Crippen LogP) is 5.28. The summed E-state index contributed by atoms with van der Waals surface area (Å²) in [5.74, 6) is -1.51. The minimum Gasteiger partial charge on any atom is -0.350 e. The molecule has 5 rings (SSSR count). The number of carbonyl (C=O) groups is 2. The summed E-state index contributed by atoms with van der Waals surface area (Å²) in [6.45, 7) is -0.0465. The number of hydrogen-bond acceptors (Lipinski definition) is 5. The molecule has 1 aliphatic heterocycles. The summed E-state index contributed by atoms with van der Waals surface area (Å²) in [5.41, 5.74) is 1.66. The average molecular weight is 467 g/mol. The molecule has 7 nitrogen and oxygen atoms in total. The second kappa shape index (κ2) is 8.83. The van der Waals surface area contributed by atoms with Crippen LogP contribution in [-0.4, -0.2) is 21.6 Å². The van der Waals surface area contributed by atoms with Crippen LogP contribution in [0.4, 0.5) is 15.8 Å². The molecular formula is C27H18FN3O4. The van der Waals surface area contributed by atoms with Gasteiger partial charge >= 0.3 is 0 Å². The molecule has 0 aliphatic carbocycles. The Hall–Kier alpha value is -4.85. The molecule has 4 aromatic carbocycles. The number of halogens is 1. The number of benzene rings is 4. The van der Waals surface area contributed by atoms with Crippen molar-refractivity contribution in [3.05, 3.63) is 124 Å². The second-order valence-electron chi connectivity index (χ2n) is 8.03. The second-order valence-corrected chi connectivity index (χ2v) is 8.03. The van der Waals surface area contributed by atoms with Crippen molar-refractivity contribution in [2.45, 2.75) is 6.54 Å². The third kappa shape index (κ3) is 4.13. The van der Waals surface area contributed by atoms with Gasteiger partial charge in [0.25, 0.3) is 17.5 Å². The summed E-state index contributed by atoms with van der Waals surface area (Å²) in [6.07, 6.45) is 0. The van der Waals surface area contributed by atoms with Crippen LogP contribution in [0.3, 0.4) is 0 Å². The van der Waals surface area contributed by atoms with E-state index in [0.717, 1.165) is 15.7 Å². The molecule has 0 aromatic heterocycles. The van der Waals surface area contributed by atoms with E-state index in [4.69, 9.17) is 0 Å². The number of hydrogen-bond donors (Lipinski definition) is 1. The summed E-state index contributed by atoms with van der Waals surface area (Å²) in [6, 6.07) is 24.2. The van der Waals surface area contributed by atoms with Gasteiger partial charge in [-0.1, -0.05) is 48.5 Å². The molecule has 2 amide bonds. The number of anilines is 1. The van der Waals surface area contributed by atoms with Gasteiger partial charge in [-0.3, -0.25) is 24.6 Å². The first kappa shape index (κ1) is 22.0. The van der Waals surface area contributed by atoms with Gasteiger partial charge in [0.1, 0.15) is 11.5 Å². The predicted molar refractivity (Wildman–Crippen MR) is 130 cm³/mol. The van der Waals surface area contributed by atoms with Gasteiger partial charge in [-0.25, -0.2) is 4.39 Å². The Morgan fingerprint density at radius 1 is 0.829 bits per heavy atom. The molecular weight excluding hydrogens is 449 g/mol. The Morgan fingerprint density at radius 2 is 1.51 bits per heavy atom. The van der Waals surface area contributed by atoms with E-state index in [-0.39, 0.29) is 23.5 Å². The number of nitro benzene ring substituents is 1. The van der Waals surface area contributed by atoms with Crippen LogP contribution in [0.2, 0.25) is 0 Å². The monoisotopic (exact) mass is 467 g/mol. The van der Waals surface area contributed by atoms with Crippen molar-refractivity contribution in [2.24, 2.45) is 0 Å². The topological polar surface area (TPSA) is 92.5 Å². The maximum atomic E-state index is 13.5. The summed E-state index contributed by atoms with van der Waals surface area (Å²) in [7, 11) is 0. The Morgan fingerprint density at radius 3 is 2.23 bits per heavy atom. The number of rotatable bonds is 6. The number of nitrogens with one attached hydrogen (secondary N) is 1. The van der Waals surface area contributed by atoms with Gasteiger partial charge in [0.05, 0.1) is 17.0 Å². The zero-order chi connectivity index (χ0) is 24.5.